The molecule has 2 aromatic rings. The Morgan fingerprint density at radius 1 is 0.917 bits per heavy atom. The van der Waals surface area contributed by atoms with E-state index >= 15 is 0 Å². The van der Waals surface area contributed by atoms with E-state index in [-0.39, 0.29) is 5.78 Å². The Morgan fingerprint density at radius 3 is 2.21 bits per heavy atom. The minimum absolute atomic E-state index is 0.273. The number of nitrogens with zero attached hydrogens (tertiary/aromatic N) is 1. The smallest absolute Gasteiger partial charge is 0.162 e. The van der Waals surface area contributed by atoms with Crippen LogP contribution in [-0.4, -0.2) is 30.3 Å². The summed E-state index contributed by atoms with van der Waals surface area (Å²) in [5.41, 5.74) is 2.31. The lowest BCUT2D eigenvalue weighted by atomic mass is 9.90. The van der Waals surface area contributed by atoms with Crippen LogP contribution in [0.2, 0.25) is 0 Å². The van der Waals surface area contributed by atoms with E-state index in [0.29, 0.717) is 6.42 Å². The van der Waals surface area contributed by atoms with Crippen molar-refractivity contribution in [2.45, 2.75) is 32.1 Å². The second-order valence-corrected chi connectivity index (χ2v) is 6.87. The second kappa shape index (κ2) is 8.79. The Labute approximate surface area is 145 Å². The van der Waals surface area contributed by atoms with Gasteiger partial charge >= 0.3 is 0 Å². The molecule has 0 aliphatic carbocycles. The van der Waals surface area contributed by atoms with Crippen LogP contribution in [0.15, 0.2) is 60.7 Å². The van der Waals surface area contributed by atoms with Crippen molar-refractivity contribution in [1.29, 1.82) is 0 Å². The highest BCUT2D eigenvalue weighted by molar-refractivity contribution is 5.95. The van der Waals surface area contributed by atoms with Gasteiger partial charge in [-0.25, -0.2) is 0 Å². The Hall–Kier alpha value is -1.93. The summed E-state index contributed by atoms with van der Waals surface area (Å²) in [7, 11) is 0. The lowest BCUT2D eigenvalue weighted by molar-refractivity contribution is 0.0970. The molecule has 0 saturated carbocycles. The number of hydrogen-bond donors (Lipinski definition) is 0. The van der Waals surface area contributed by atoms with E-state index < -0.39 is 0 Å². The van der Waals surface area contributed by atoms with Crippen LogP contribution in [0.5, 0.6) is 0 Å². The third kappa shape index (κ3) is 5.04. The quantitative estimate of drug-likeness (QED) is 0.694. The van der Waals surface area contributed by atoms with E-state index in [9.17, 15) is 4.79 Å². The average Bonchev–Trinajstić information content (AvgIpc) is 2.65. The first kappa shape index (κ1) is 16.9. The number of Topliss-reactive ketones (excluding diaryl/α,β-unsaturated/α-hetero) is 1. The molecule has 1 aliphatic heterocycles. The van der Waals surface area contributed by atoms with Gasteiger partial charge < -0.3 is 4.90 Å². The van der Waals surface area contributed by atoms with Gasteiger partial charge in [0.15, 0.2) is 5.78 Å². The van der Waals surface area contributed by atoms with Crippen LogP contribution in [-0.2, 0) is 6.42 Å². The van der Waals surface area contributed by atoms with Gasteiger partial charge in [-0.15, -0.1) is 0 Å². The zero-order valence-electron chi connectivity index (χ0n) is 14.4. The van der Waals surface area contributed by atoms with Crippen LogP contribution < -0.4 is 0 Å². The van der Waals surface area contributed by atoms with Crippen molar-refractivity contribution in [1.82, 2.24) is 4.90 Å². The topological polar surface area (TPSA) is 20.3 Å². The number of carbonyl (C=O) groups excluding carboxylic acids is 1. The number of rotatable bonds is 7. The summed E-state index contributed by atoms with van der Waals surface area (Å²) >= 11 is 0. The molecule has 0 aromatic heterocycles. The van der Waals surface area contributed by atoms with Crippen molar-refractivity contribution < 1.29 is 4.79 Å². The highest BCUT2D eigenvalue weighted by Gasteiger charge is 2.19. The van der Waals surface area contributed by atoms with E-state index in [4.69, 9.17) is 0 Å². The molecule has 3 rings (SSSR count). The van der Waals surface area contributed by atoms with Crippen molar-refractivity contribution in [2.24, 2.45) is 5.92 Å². The maximum atomic E-state index is 12.1. The van der Waals surface area contributed by atoms with Gasteiger partial charge in [-0.05, 0) is 56.8 Å². The van der Waals surface area contributed by atoms with Gasteiger partial charge in [0.2, 0.25) is 0 Å². The fraction of sp³-hybridized carbons (Fsp3) is 0.409. The maximum absolute atomic E-state index is 12.1. The summed E-state index contributed by atoms with van der Waals surface area (Å²) in [4.78, 5) is 14.7. The second-order valence-electron chi connectivity index (χ2n) is 6.87. The molecule has 126 valence electrons. The third-order valence-corrected chi connectivity index (χ3v) is 5.05. The summed E-state index contributed by atoms with van der Waals surface area (Å²) in [6, 6.07) is 20.5. The zero-order valence-corrected chi connectivity index (χ0v) is 14.4. The van der Waals surface area contributed by atoms with Gasteiger partial charge in [-0.3, -0.25) is 4.79 Å². The minimum Gasteiger partial charge on any atom is -0.303 e. The lowest BCUT2D eigenvalue weighted by Crippen LogP contribution is -2.35. The molecule has 1 heterocycles. The lowest BCUT2D eigenvalue weighted by Gasteiger charge is -2.32. The van der Waals surface area contributed by atoms with Crippen LogP contribution in [0.25, 0.3) is 0 Å². The first-order chi connectivity index (χ1) is 11.8. The number of benzene rings is 2. The summed E-state index contributed by atoms with van der Waals surface area (Å²) in [5, 5.41) is 0. The van der Waals surface area contributed by atoms with Gasteiger partial charge in [-0.1, -0.05) is 60.7 Å². The van der Waals surface area contributed by atoms with Gasteiger partial charge in [0, 0.05) is 12.0 Å². The molecule has 2 aromatic carbocycles. The van der Waals surface area contributed by atoms with E-state index in [0.717, 1.165) is 24.4 Å². The van der Waals surface area contributed by atoms with Crippen LogP contribution in [0.4, 0.5) is 0 Å². The highest BCUT2D eigenvalue weighted by atomic mass is 16.1. The molecule has 1 saturated heterocycles. The van der Waals surface area contributed by atoms with Crippen LogP contribution >= 0.6 is 0 Å². The first-order valence-corrected chi connectivity index (χ1v) is 9.16. The van der Waals surface area contributed by atoms with E-state index in [1.165, 1.54) is 37.9 Å². The van der Waals surface area contributed by atoms with Crippen LogP contribution in [0.1, 0.15) is 41.6 Å². The molecule has 2 heteroatoms. The van der Waals surface area contributed by atoms with Crippen molar-refractivity contribution in [3.8, 4) is 0 Å². The Bertz CT molecular complexity index is 615. The summed E-state index contributed by atoms with van der Waals surface area (Å²) in [6.45, 7) is 3.41. The molecule has 0 amide bonds. The van der Waals surface area contributed by atoms with Crippen molar-refractivity contribution in [3.63, 3.8) is 0 Å². The Kier molecular flexibility index (Phi) is 6.20. The molecular weight excluding hydrogens is 294 g/mol. The molecule has 24 heavy (non-hydrogen) atoms. The van der Waals surface area contributed by atoms with Gasteiger partial charge in [-0.2, -0.15) is 0 Å². The number of ketones is 1. The summed E-state index contributed by atoms with van der Waals surface area (Å²) in [5.74, 6) is 1.09. The minimum atomic E-state index is 0.273. The standard InChI is InChI=1S/C22H27NO/c24-22(21-10-5-2-6-11-21)12-7-15-23-16-13-20(14-17-23)18-19-8-3-1-4-9-19/h1-6,8-11,20H,7,12-18H2. The summed E-state index contributed by atoms with van der Waals surface area (Å²) in [6.07, 6.45) is 5.40. The number of hydrogen-bond acceptors (Lipinski definition) is 2. The molecule has 0 unspecified atom stereocenters. The molecule has 0 bridgehead atoms. The Morgan fingerprint density at radius 2 is 1.54 bits per heavy atom. The SMILES string of the molecule is O=C(CCCN1CCC(Cc2ccccc2)CC1)c1ccccc1. The van der Waals surface area contributed by atoms with Crippen LogP contribution in [0, 0.1) is 5.92 Å². The number of carbonyl (C=O) groups is 1. The van der Waals surface area contributed by atoms with E-state index in [1.54, 1.807) is 0 Å². The molecule has 1 aliphatic rings. The van der Waals surface area contributed by atoms with E-state index in [1.807, 2.05) is 30.3 Å². The maximum Gasteiger partial charge on any atom is 0.162 e. The monoisotopic (exact) mass is 321 g/mol. The molecule has 0 radical (unpaired) electrons. The van der Waals surface area contributed by atoms with Crippen molar-refractivity contribution in [3.05, 3.63) is 71.8 Å². The zero-order chi connectivity index (χ0) is 16.6. The van der Waals surface area contributed by atoms with Gasteiger partial charge in [0.05, 0.1) is 0 Å². The van der Waals surface area contributed by atoms with Crippen LogP contribution in [0.3, 0.4) is 0 Å². The fourth-order valence-electron chi connectivity index (χ4n) is 3.59. The van der Waals surface area contributed by atoms with E-state index in [2.05, 4.69) is 35.2 Å². The van der Waals surface area contributed by atoms with Crippen molar-refractivity contribution in [2.75, 3.05) is 19.6 Å². The molecule has 2 nitrogen and oxygen atoms in total. The predicted molar refractivity (Wildman–Crippen MR) is 99.3 cm³/mol. The van der Waals surface area contributed by atoms with Gasteiger partial charge in [0.25, 0.3) is 0 Å². The normalized spacial score (nSPS) is 16.2. The molecule has 0 N–H and O–H groups in total. The highest BCUT2D eigenvalue weighted by Crippen LogP contribution is 2.22. The molecule has 1 fully saturated rings. The molecular formula is C22H27NO. The average molecular weight is 321 g/mol. The Balaban J connectivity index is 1.35. The molecule has 0 spiro atoms. The number of likely N-dealkylation sites (tertiary alicyclic amines) is 1. The summed E-state index contributed by atoms with van der Waals surface area (Å²) < 4.78 is 0. The van der Waals surface area contributed by atoms with Crippen molar-refractivity contribution >= 4 is 5.78 Å². The first-order valence-electron chi connectivity index (χ1n) is 9.16. The fourth-order valence-corrected chi connectivity index (χ4v) is 3.59. The third-order valence-electron chi connectivity index (χ3n) is 5.05. The predicted octanol–water partition coefficient (Wildman–Crippen LogP) is 4.60. The molecule has 0 atom stereocenters. The number of piperidine rings is 1. The largest absolute Gasteiger partial charge is 0.303 e. The van der Waals surface area contributed by atoms with Gasteiger partial charge in [0.1, 0.15) is 0 Å².